The predicted molar refractivity (Wildman–Crippen MR) is 52.9 cm³/mol. The Morgan fingerprint density at radius 3 is 2.47 bits per heavy atom. The van der Waals surface area contributed by atoms with Crippen LogP contribution < -0.4 is 11.4 Å². The summed E-state index contributed by atoms with van der Waals surface area (Å²) in [5.74, 6) is 0. The summed E-state index contributed by atoms with van der Waals surface area (Å²) in [5, 5.41) is 13.3. The summed E-state index contributed by atoms with van der Waals surface area (Å²) >= 11 is 0. The number of H-pyrrole nitrogens is 2. The van der Waals surface area contributed by atoms with E-state index in [0.29, 0.717) is 11.3 Å². The van der Waals surface area contributed by atoms with Crippen molar-refractivity contribution < 1.29 is 5.11 Å². The maximum atomic E-state index is 11.3. The topological polar surface area (TPSA) is 90.9 Å². The van der Waals surface area contributed by atoms with Crippen LogP contribution >= 0.6 is 0 Å². The minimum absolute atomic E-state index is 0.134. The van der Waals surface area contributed by atoms with Gasteiger partial charge in [-0.2, -0.15) is 0 Å². The number of hydrogen-bond donors (Lipinski definition) is 3. The molecular formula is C9H9N3O3. The fourth-order valence-corrected chi connectivity index (χ4v) is 1.34. The largest absolute Gasteiger partial charge is 0.392 e. The number of hydrogen-bond acceptors (Lipinski definition) is 3. The predicted octanol–water partition coefficient (Wildman–Crippen LogP) is -0.654. The number of nitrogens with zero attached hydrogens (tertiary/aromatic N) is 1. The number of aromatic nitrogens is 3. The minimum atomic E-state index is -0.532. The zero-order valence-corrected chi connectivity index (χ0v) is 7.73. The monoisotopic (exact) mass is 207 g/mol. The average molecular weight is 207 g/mol. The van der Waals surface area contributed by atoms with Gasteiger partial charge in [-0.3, -0.25) is 0 Å². The molecule has 0 saturated carbocycles. The van der Waals surface area contributed by atoms with Crippen LogP contribution in [-0.2, 0) is 6.61 Å². The van der Waals surface area contributed by atoms with E-state index in [-0.39, 0.29) is 6.61 Å². The van der Waals surface area contributed by atoms with Crippen molar-refractivity contribution in [1.82, 2.24) is 14.8 Å². The van der Waals surface area contributed by atoms with Crippen LogP contribution in [0.25, 0.3) is 5.69 Å². The number of aliphatic hydroxyl groups excluding tert-OH is 1. The second-order valence-electron chi connectivity index (χ2n) is 3.02. The van der Waals surface area contributed by atoms with E-state index >= 15 is 0 Å². The first-order valence-electron chi connectivity index (χ1n) is 4.32. The van der Waals surface area contributed by atoms with E-state index in [4.69, 9.17) is 5.11 Å². The number of aromatic amines is 2. The lowest BCUT2D eigenvalue weighted by Gasteiger charge is -2.00. The van der Waals surface area contributed by atoms with Gasteiger partial charge in [0.05, 0.1) is 12.3 Å². The molecule has 6 nitrogen and oxygen atoms in total. The third-order valence-corrected chi connectivity index (χ3v) is 2.03. The molecule has 78 valence electrons. The molecule has 0 saturated heterocycles. The molecule has 0 unspecified atom stereocenters. The van der Waals surface area contributed by atoms with Gasteiger partial charge in [-0.25, -0.2) is 24.4 Å². The Kier molecular flexibility index (Phi) is 2.26. The zero-order valence-electron chi connectivity index (χ0n) is 7.73. The fourth-order valence-electron chi connectivity index (χ4n) is 1.34. The van der Waals surface area contributed by atoms with Gasteiger partial charge in [0.15, 0.2) is 0 Å². The highest BCUT2D eigenvalue weighted by molar-refractivity contribution is 5.35. The second kappa shape index (κ2) is 3.58. The molecule has 0 radical (unpaired) electrons. The van der Waals surface area contributed by atoms with E-state index in [9.17, 15) is 9.59 Å². The van der Waals surface area contributed by atoms with Gasteiger partial charge in [-0.05, 0) is 17.7 Å². The molecule has 0 fully saturated rings. The Morgan fingerprint density at radius 2 is 1.87 bits per heavy atom. The Balaban J connectivity index is 2.64. The van der Waals surface area contributed by atoms with Gasteiger partial charge in [0, 0.05) is 0 Å². The minimum Gasteiger partial charge on any atom is -0.392 e. The van der Waals surface area contributed by atoms with Gasteiger partial charge in [0.2, 0.25) is 0 Å². The molecule has 0 amide bonds. The van der Waals surface area contributed by atoms with E-state index < -0.39 is 11.4 Å². The highest BCUT2D eigenvalue weighted by Gasteiger charge is 2.05. The van der Waals surface area contributed by atoms with Crippen molar-refractivity contribution in [2.75, 3.05) is 0 Å². The molecule has 1 aromatic carbocycles. The number of nitrogens with one attached hydrogen (secondary N) is 2. The Labute approximate surface area is 83.8 Å². The highest BCUT2D eigenvalue weighted by Crippen LogP contribution is 2.06. The van der Waals surface area contributed by atoms with Crippen LogP contribution in [0.5, 0.6) is 0 Å². The third-order valence-electron chi connectivity index (χ3n) is 2.03. The summed E-state index contributed by atoms with van der Waals surface area (Å²) < 4.78 is 0.958. The van der Waals surface area contributed by atoms with Crippen LogP contribution in [0.2, 0.25) is 0 Å². The van der Waals surface area contributed by atoms with Gasteiger partial charge in [-0.15, -0.1) is 0 Å². The summed E-state index contributed by atoms with van der Waals surface area (Å²) in [4.78, 5) is 22.5. The Bertz CT molecular complexity index is 551. The van der Waals surface area contributed by atoms with E-state index in [2.05, 4.69) is 10.2 Å². The smallest absolute Gasteiger partial charge is 0.348 e. The maximum Gasteiger partial charge on any atom is 0.348 e. The second-order valence-corrected chi connectivity index (χ2v) is 3.02. The third kappa shape index (κ3) is 1.62. The lowest BCUT2D eigenvalue weighted by molar-refractivity contribution is 0.282. The van der Waals surface area contributed by atoms with Gasteiger partial charge >= 0.3 is 11.4 Å². The molecule has 2 rings (SSSR count). The molecule has 0 atom stereocenters. The zero-order chi connectivity index (χ0) is 10.8. The number of benzene rings is 1. The first-order valence-corrected chi connectivity index (χ1v) is 4.32. The van der Waals surface area contributed by atoms with Crippen LogP contribution in [0.1, 0.15) is 5.56 Å². The molecule has 0 bridgehead atoms. The molecule has 0 aliphatic heterocycles. The molecule has 1 heterocycles. The molecule has 3 N–H and O–H groups in total. The first-order chi connectivity index (χ1) is 7.22. The van der Waals surface area contributed by atoms with E-state index in [1.807, 2.05) is 0 Å². The number of rotatable bonds is 2. The van der Waals surface area contributed by atoms with Crippen molar-refractivity contribution in [3.05, 3.63) is 50.8 Å². The lowest BCUT2D eigenvalue weighted by Crippen LogP contribution is -2.24. The number of aliphatic hydroxyl groups is 1. The standard InChI is InChI=1S/C9H9N3O3/c13-5-6-2-1-3-7(4-6)12-8(14)10-11-9(12)15/h1-4,13H,5H2,(H,10,14)(H,11,15). The van der Waals surface area contributed by atoms with Gasteiger partial charge in [-0.1, -0.05) is 12.1 Å². The van der Waals surface area contributed by atoms with Gasteiger partial charge in [0.25, 0.3) is 0 Å². The molecule has 0 aliphatic carbocycles. The SMILES string of the molecule is O=c1[nH][nH]c(=O)n1-c1cccc(CO)c1. The van der Waals surface area contributed by atoms with E-state index in [1.54, 1.807) is 24.3 Å². The molecule has 2 aromatic rings. The summed E-state index contributed by atoms with van der Waals surface area (Å²) in [5.41, 5.74) is -0.000713. The molecular weight excluding hydrogens is 198 g/mol. The van der Waals surface area contributed by atoms with Crippen molar-refractivity contribution >= 4 is 0 Å². The molecule has 0 spiro atoms. The maximum absolute atomic E-state index is 11.3. The summed E-state index contributed by atoms with van der Waals surface area (Å²) in [6.07, 6.45) is 0. The fraction of sp³-hybridized carbons (Fsp3) is 0.111. The van der Waals surface area contributed by atoms with E-state index in [1.165, 1.54) is 0 Å². The Morgan fingerprint density at radius 1 is 1.20 bits per heavy atom. The molecule has 0 aliphatic rings. The van der Waals surface area contributed by atoms with Crippen molar-refractivity contribution in [2.24, 2.45) is 0 Å². The van der Waals surface area contributed by atoms with Crippen molar-refractivity contribution in [3.63, 3.8) is 0 Å². The van der Waals surface area contributed by atoms with Crippen molar-refractivity contribution in [1.29, 1.82) is 0 Å². The lowest BCUT2D eigenvalue weighted by atomic mass is 10.2. The van der Waals surface area contributed by atoms with Crippen LogP contribution in [0.15, 0.2) is 33.9 Å². The van der Waals surface area contributed by atoms with Gasteiger partial charge in [0.1, 0.15) is 0 Å². The van der Waals surface area contributed by atoms with E-state index in [0.717, 1.165) is 4.57 Å². The van der Waals surface area contributed by atoms with Crippen LogP contribution in [-0.4, -0.2) is 19.9 Å². The van der Waals surface area contributed by atoms with Crippen LogP contribution in [0.3, 0.4) is 0 Å². The van der Waals surface area contributed by atoms with Crippen LogP contribution in [0.4, 0.5) is 0 Å². The molecule has 1 aromatic heterocycles. The van der Waals surface area contributed by atoms with Crippen LogP contribution in [0, 0.1) is 0 Å². The highest BCUT2D eigenvalue weighted by atomic mass is 16.3. The molecule has 15 heavy (non-hydrogen) atoms. The molecule has 6 heteroatoms. The Hall–Kier alpha value is -2.08. The van der Waals surface area contributed by atoms with Crippen molar-refractivity contribution in [3.8, 4) is 5.69 Å². The summed E-state index contributed by atoms with van der Waals surface area (Å²) in [6.45, 7) is -0.134. The van der Waals surface area contributed by atoms with Crippen molar-refractivity contribution in [2.45, 2.75) is 6.61 Å². The van der Waals surface area contributed by atoms with Gasteiger partial charge < -0.3 is 5.11 Å². The summed E-state index contributed by atoms with van der Waals surface area (Å²) in [7, 11) is 0. The quantitative estimate of drug-likeness (QED) is 0.611. The summed E-state index contributed by atoms with van der Waals surface area (Å²) in [6, 6.07) is 6.56. The first kappa shape index (κ1) is 9.47. The average Bonchev–Trinajstić information content (AvgIpc) is 2.59. The normalized spacial score (nSPS) is 10.5.